The Morgan fingerprint density at radius 1 is 1.27 bits per heavy atom. The van der Waals surface area contributed by atoms with E-state index in [1.54, 1.807) is 0 Å². The average Bonchev–Trinajstić information content (AvgIpc) is 2.94. The summed E-state index contributed by atoms with van der Waals surface area (Å²) in [4.78, 5) is 13.7. The summed E-state index contributed by atoms with van der Waals surface area (Å²) < 4.78 is 11.8. The van der Waals surface area contributed by atoms with Gasteiger partial charge in [-0.05, 0) is 38.0 Å². The van der Waals surface area contributed by atoms with Gasteiger partial charge in [0.2, 0.25) is 0 Å². The van der Waals surface area contributed by atoms with Crippen LogP contribution in [0.1, 0.15) is 37.4 Å². The van der Waals surface area contributed by atoms with Crippen LogP contribution in [0.2, 0.25) is 0 Å². The summed E-state index contributed by atoms with van der Waals surface area (Å²) in [6.07, 6.45) is 1.79. The van der Waals surface area contributed by atoms with Crippen molar-refractivity contribution in [2.75, 3.05) is 12.4 Å². The topological polar surface area (TPSA) is 47.6 Å². The van der Waals surface area contributed by atoms with Crippen LogP contribution in [-0.4, -0.2) is 23.9 Å². The quantitative estimate of drug-likeness (QED) is 0.880. The Morgan fingerprint density at radius 2 is 2.12 bits per heavy atom. The van der Waals surface area contributed by atoms with Gasteiger partial charge in [-0.25, -0.2) is 0 Å². The first kappa shape index (κ1) is 17.3. The molecule has 2 aliphatic rings. The maximum absolute atomic E-state index is 12.4. The van der Waals surface area contributed by atoms with Crippen molar-refractivity contribution in [2.24, 2.45) is 0 Å². The van der Waals surface area contributed by atoms with Crippen molar-refractivity contribution < 1.29 is 14.3 Å². The Bertz CT molecular complexity index is 834. The Hall–Kier alpha value is -2.14. The summed E-state index contributed by atoms with van der Waals surface area (Å²) in [5, 5.41) is 3.11. The van der Waals surface area contributed by atoms with Gasteiger partial charge in [-0.2, -0.15) is 0 Å². The van der Waals surface area contributed by atoms with Gasteiger partial charge >= 0.3 is 0 Å². The maximum Gasteiger partial charge on any atom is 0.258 e. The zero-order valence-electron chi connectivity index (χ0n) is 15.1. The summed E-state index contributed by atoms with van der Waals surface area (Å²) in [5.41, 5.74) is 2.10. The molecule has 1 N–H and O–H groups in total. The molecule has 0 aliphatic carbocycles. The number of carbonyl (C=O) groups excluding carboxylic acids is 1. The number of amides is 1. The van der Waals surface area contributed by atoms with E-state index in [0.717, 1.165) is 29.9 Å². The number of ether oxygens (including phenoxy) is 2. The number of benzene rings is 2. The van der Waals surface area contributed by atoms with Crippen LogP contribution in [0.4, 0.5) is 0 Å². The van der Waals surface area contributed by atoms with E-state index >= 15 is 0 Å². The highest BCUT2D eigenvalue weighted by atomic mass is 32.2. The summed E-state index contributed by atoms with van der Waals surface area (Å²) in [7, 11) is 0. The lowest BCUT2D eigenvalue weighted by Crippen LogP contribution is -2.34. The molecule has 5 heteroatoms. The third kappa shape index (κ3) is 3.54. The molecule has 0 spiro atoms. The number of fused-ring (bicyclic) bond motifs is 2. The van der Waals surface area contributed by atoms with E-state index in [-0.39, 0.29) is 24.2 Å². The van der Waals surface area contributed by atoms with Crippen LogP contribution in [0.3, 0.4) is 0 Å². The molecule has 2 heterocycles. The normalized spacial score (nSPS) is 19.8. The molecule has 0 aromatic heterocycles. The van der Waals surface area contributed by atoms with Crippen molar-refractivity contribution in [1.82, 2.24) is 5.32 Å². The second-order valence-corrected chi connectivity index (χ2v) is 8.50. The molecule has 2 aromatic carbocycles. The highest BCUT2D eigenvalue weighted by molar-refractivity contribution is 7.99. The fraction of sp³-hybridized carbons (Fsp3) is 0.381. The third-order valence-electron chi connectivity index (χ3n) is 4.71. The lowest BCUT2D eigenvalue weighted by atomic mass is 10.0. The van der Waals surface area contributed by atoms with E-state index in [1.807, 2.05) is 42.1 Å². The highest BCUT2D eigenvalue weighted by Gasteiger charge is 2.32. The summed E-state index contributed by atoms with van der Waals surface area (Å²) in [5.74, 6) is 2.32. The SMILES string of the molecule is CC1(C)Cc2cccc(OCC(=O)NC3CCSc4ccccc43)c2O1. The van der Waals surface area contributed by atoms with Gasteiger partial charge in [-0.3, -0.25) is 4.79 Å². The molecule has 1 amide bonds. The Kier molecular flexibility index (Phi) is 4.57. The highest BCUT2D eigenvalue weighted by Crippen LogP contribution is 2.41. The van der Waals surface area contributed by atoms with E-state index in [4.69, 9.17) is 9.47 Å². The van der Waals surface area contributed by atoms with Crippen LogP contribution < -0.4 is 14.8 Å². The van der Waals surface area contributed by atoms with E-state index < -0.39 is 0 Å². The van der Waals surface area contributed by atoms with Crippen LogP contribution in [0.5, 0.6) is 11.5 Å². The van der Waals surface area contributed by atoms with Gasteiger partial charge in [-0.15, -0.1) is 11.8 Å². The third-order valence-corrected chi connectivity index (χ3v) is 5.83. The van der Waals surface area contributed by atoms with Crippen molar-refractivity contribution >= 4 is 17.7 Å². The minimum Gasteiger partial charge on any atom is -0.483 e. The van der Waals surface area contributed by atoms with Crippen LogP contribution in [0.25, 0.3) is 0 Å². The Labute approximate surface area is 158 Å². The molecule has 1 atom stereocenters. The average molecular weight is 369 g/mol. The monoisotopic (exact) mass is 369 g/mol. The molecular weight excluding hydrogens is 346 g/mol. The molecule has 2 aromatic rings. The largest absolute Gasteiger partial charge is 0.483 e. The number of rotatable bonds is 4. The first-order chi connectivity index (χ1) is 12.5. The van der Waals surface area contributed by atoms with E-state index in [9.17, 15) is 4.79 Å². The zero-order chi connectivity index (χ0) is 18.1. The number of hydrogen-bond acceptors (Lipinski definition) is 4. The van der Waals surface area contributed by atoms with Crippen molar-refractivity contribution in [3.05, 3.63) is 53.6 Å². The van der Waals surface area contributed by atoms with E-state index in [2.05, 4.69) is 31.3 Å². The predicted octanol–water partition coefficient (Wildman–Crippen LogP) is 4.13. The molecule has 0 saturated heterocycles. The summed E-state index contributed by atoms with van der Waals surface area (Å²) in [6.45, 7) is 4.11. The molecule has 1 unspecified atom stereocenters. The number of carbonyl (C=O) groups is 1. The van der Waals surface area contributed by atoms with E-state index in [0.29, 0.717) is 5.75 Å². The second kappa shape index (κ2) is 6.88. The number of thioether (sulfide) groups is 1. The maximum atomic E-state index is 12.4. The molecule has 0 bridgehead atoms. The van der Waals surface area contributed by atoms with Crippen molar-refractivity contribution in [2.45, 2.75) is 43.2 Å². The lowest BCUT2D eigenvalue weighted by Gasteiger charge is -2.26. The minimum absolute atomic E-state index is 0.00789. The molecule has 2 aliphatic heterocycles. The van der Waals surface area contributed by atoms with Crippen LogP contribution in [-0.2, 0) is 11.2 Å². The molecular formula is C21H23NO3S. The standard InChI is InChI=1S/C21H23NO3S/c1-21(2)12-14-6-5-8-17(20(14)25-21)24-13-19(23)22-16-10-11-26-18-9-4-3-7-15(16)18/h3-9,16H,10-13H2,1-2H3,(H,22,23). The molecule has 0 fully saturated rings. The van der Waals surface area contributed by atoms with Gasteiger partial charge in [0.25, 0.3) is 5.91 Å². The lowest BCUT2D eigenvalue weighted by molar-refractivity contribution is -0.123. The van der Waals surface area contributed by atoms with Gasteiger partial charge in [0, 0.05) is 22.6 Å². The molecule has 26 heavy (non-hydrogen) atoms. The van der Waals surface area contributed by atoms with E-state index in [1.165, 1.54) is 10.5 Å². The minimum atomic E-state index is -0.229. The molecule has 4 nitrogen and oxygen atoms in total. The molecule has 4 rings (SSSR count). The Balaban J connectivity index is 1.40. The van der Waals surface area contributed by atoms with Gasteiger partial charge in [-0.1, -0.05) is 30.3 Å². The fourth-order valence-electron chi connectivity index (χ4n) is 3.57. The van der Waals surface area contributed by atoms with Gasteiger partial charge in [0.1, 0.15) is 5.60 Å². The Morgan fingerprint density at radius 3 is 3.00 bits per heavy atom. The first-order valence-electron chi connectivity index (χ1n) is 8.97. The second-order valence-electron chi connectivity index (χ2n) is 7.37. The first-order valence-corrected chi connectivity index (χ1v) is 9.95. The van der Waals surface area contributed by atoms with Gasteiger partial charge in [0.05, 0.1) is 6.04 Å². The smallest absolute Gasteiger partial charge is 0.258 e. The van der Waals surface area contributed by atoms with Crippen molar-refractivity contribution in [1.29, 1.82) is 0 Å². The molecule has 0 radical (unpaired) electrons. The fourth-order valence-corrected chi connectivity index (χ4v) is 4.70. The summed E-state index contributed by atoms with van der Waals surface area (Å²) in [6, 6.07) is 14.2. The predicted molar refractivity (Wildman–Crippen MR) is 103 cm³/mol. The van der Waals surface area contributed by atoms with Gasteiger partial charge < -0.3 is 14.8 Å². The molecule has 0 saturated carbocycles. The van der Waals surface area contributed by atoms with Crippen LogP contribution in [0, 0.1) is 0 Å². The zero-order valence-corrected chi connectivity index (χ0v) is 15.9. The number of para-hydroxylation sites is 1. The number of nitrogens with one attached hydrogen (secondary N) is 1. The van der Waals surface area contributed by atoms with Crippen molar-refractivity contribution in [3.63, 3.8) is 0 Å². The molecule has 136 valence electrons. The van der Waals surface area contributed by atoms with Gasteiger partial charge in [0.15, 0.2) is 18.1 Å². The summed E-state index contributed by atoms with van der Waals surface area (Å²) >= 11 is 1.84. The van der Waals surface area contributed by atoms with Crippen LogP contribution in [0.15, 0.2) is 47.4 Å². The number of hydrogen-bond donors (Lipinski definition) is 1. The van der Waals surface area contributed by atoms with Crippen molar-refractivity contribution in [3.8, 4) is 11.5 Å². The van der Waals surface area contributed by atoms with Crippen LogP contribution >= 0.6 is 11.8 Å².